The standard InChI is InChI=1S/C7H7F.C6H13NO2.C5H4FN/c1-6-4-2-3-5-7(6)8;1-2-3-4-5-6(8)7-9;6-5-2-1-3-7-4-5/h2-5H,1H3;9H,2-5H2,1H3,(H,7,8);1-4H. The van der Waals surface area contributed by atoms with E-state index < -0.39 is 0 Å². The Morgan fingerprint density at radius 3 is 2.25 bits per heavy atom. The molecule has 0 atom stereocenters. The van der Waals surface area contributed by atoms with E-state index in [9.17, 15) is 13.6 Å². The molecule has 4 nitrogen and oxygen atoms in total. The average Bonchev–Trinajstić information content (AvgIpc) is 2.59. The normalized spacial score (nSPS) is 9.04. The van der Waals surface area contributed by atoms with Crippen molar-refractivity contribution in [2.75, 3.05) is 0 Å². The number of aromatic nitrogens is 1. The zero-order chi connectivity index (χ0) is 18.2. The summed E-state index contributed by atoms with van der Waals surface area (Å²) < 4.78 is 24.2. The number of nitrogens with one attached hydrogen (secondary N) is 1. The van der Waals surface area contributed by atoms with Gasteiger partial charge in [-0.1, -0.05) is 38.0 Å². The lowest BCUT2D eigenvalue weighted by Gasteiger charge is -1.95. The van der Waals surface area contributed by atoms with Gasteiger partial charge in [-0.25, -0.2) is 14.3 Å². The number of hydroxylamine groups is 1. The van der Waals surface area contributed by atoms with E-state index in [2.05, 4.69) is 11.9 Å². The molecule has 24 heavy (non-hydrogen) atoms. The van der Waals surface area contributed by atoms with Gasteiger partial charge in [-0.2, -0.15) is 0 Å². The number of hydrogen-bond acceptors (Lipinski definition) is 3. The first kappa shape index (κ1) is 21.7. The van der Waals surface area contributed by atoms with Gasteiger partial charge >= 0.3 is 0 Å². The highest BCUT2D eigenvalue weighted by Crippen LogP contribution is 2.02. The van der Waals surface area contributed by atoms with Crippen LogP contribution in [-0.4, -0.2) is 16.1 Å². The van der Waals surface area contributed by atoms with Crippen molar-refractivity contribution in [3.8, 4) is 0 Å². The van der Waals surface area contributed by atoms with Gasteiger partial charge in [-0.05, 0) is 37.1 Å². The average molecular weight is 338 g/mol. The fourth-order valence-electron chi connectivity index (χ4n) is 1.48. The molecule has 0 saturated heterocycles. The van der Waals surface area contributed by atoms with Crippen LogP contribution >= 0.6 is 0 Å². The van der Waals surface area contributed by atoms with Gasteiger partial charge in [0, 0.05) is 12.6 Å². The van der Waals surface area contributed by atoms with Crippen LogP contribution < -0.4 is 5.48 Å². The van der Waals surface area contributed by atoms with Gasteiger partial charge in [0.05, 0.1) is 6.20 Å². The van der Waals surface area contributed by atoms with Gasteiger partial charge < -0.3 is 0 Å². The zero-order valence-corrected chi connectivity index (χ0v) is 14.0. The lowest BCUT2D eigenvalue weighted by molar-refractivity contribution is -0.129. The number of carbonyl (C=O) groups is 1. The predicted molar refractivity (Wildman–Crippen MR) is 89.4 cm³/mol. The number of aryl methyl sites for hydroxylation is 1. The summed E-state index contributed by atoms with van der Waals surface area (Å²) in [6.07, 6.45) is 6.14. The summed E-state index contributed by atoms with van der Waals surface area (Å²) in [6.45, 7) is 3.81. The first-order chi connectivity index (χ1) is 11.5. The lowest BCUT2D eigenvalue weighted by atomic mass is 10.2. The molecule has 1 heterocycles. The Kier molecular flexibility index (Phi) is 12.9. The topological polar surface area (TPSA) is 62.2 Å². The molecule has 0 fully saturated rings. The number of pyridine rings is 1. The molecule has 2 aromatic rings. The molecule has 0 radical (unpaired) electrons. The van der Waals surface area contributed by atoms with Gasteiger partial charge in [0.15, 0.2) is 0 Å². The van der Waals surface area contributed by atoms with Gasteiger partial charge in [0.25, 0.3) is 0 Å². The van der Waals surface area contributed by atoms with Gasteiger partial charge in [-0.15, -0.1) is 0 Å². The summed E-state index contributed by atoms with van der Waals surface area (Å²) in [5.41, 5.74) is 2.29. The molecule has 0 unspecified atom stereocenters. The van der Waals surface area contributed by atoms with Crippen LogP contribution in [-0.2, 0) is 4.79 Å². The summed E-state index contributed by atoms with van der Waals surface area (Å²) in [4.78, 5) is 13.8. The van der Waals surface area contributed by atoms with Crippen molar-refractivity contribution >= 4 is 5.91 Å². The monoisotopic (exact) mass is 338 g/mol. The number of halogens is 2. The molecule has 0 bridgehead atoms. The molecule has 0 aliphatic rings. The molecule has 0 aliphatic heterocycles. The maximum Gasteiger partial charge on any atom is 0.243 e. The highest BCUT2D eigenvalue weighted by Gasteiger charge is 1.95. The zero-order valence-electron chi connectivity index (χ0n) is 14.0. The predicted octanol–water partition coefficient (Wildman–Crippen LogP) is 4.43. The Bertz CT molecular complexity index is 545. The van der Waals surface area contributed by atoms with E-state index in [1.54, 1.807) is 30.6 Å². The molecular weight excluding hydrogens is 314 g/mol. The van der Waals surface area contributed by atoms with E-state index in [0.29, 0.717) is 12.0 Å². The molecule has 0 aliphatic carbocycles. The number of unbranched alkanes of at least 4 members (excludes halogenated alkanes) is 2. The molecular formula is C18H24F2N2O2. The lowest BCUT2D eigenvalue weighted by Crippen LogP contribution is -2.17. The fraction of sp³-hybridized carbons (Fsp3) is 0.333. The minimum absolute atomic E-state index is 0.132. The molecule has 0 saturated carbocycles. The number of benzene rings is 1. The Hall–Kier alpha value is -2.34. The Labute approximate surface area is 141 Å². The summed E-state index contributed by atoms with van der Waals surface area (Å²) in [5, 5.41) is 8.03. The van der Waals surface area contributed by atoms with Crippen molar-refractivity contribution < 1.29 is 18.8 Å². The van der Waals surface area contributed by atoms with Crippen molar-refractivity contribution in [2.24, 2.45) is 0 Å². The molecule has 6 heteroatoms. The van der Waals surface area contributed by atoms with E-state index in [4.69, 9.17) is 5.21 Å². The minimum Gasteiger partial charge on any atom is -0.289 e. The Morgan fingerprint density at radius 2 is 1.88 bits per heavy atom. The van der Waals surface area contributed by atoms with Crippen LogP contribution in [0.3, 0.4) is 0 Å². The second-order valence-corrected chi connectivity index (χ2v) is 4.91. The van der Waals surface area contributed by atoms with Gasteiger partial charge in [-0.3, -0.25) is 15.0 Å². The van der Waals surface area contributed by atoms with E-state index in [1.165, 1.54) is 24.5 Å². The smallest absolute Gasteiger partial charge is 0.243 e. The van der Waals surface area contributed by atoms with Crippen LogP contribution in [0.15, 0.2) is 48.8 Å². The van der Waals surface area contributed by atoms with E-state index in [1.807, 2.05) is 6.07 Å². The van der Waals surface area contributed by atoms with Crippen molar-refractivity contribution in [1.29, 1.82) is 0 Å². The summed E-state index contributed by atoms with van der Waals surface area (Å²) in [5.74, 6) is -0.710. The third-order valence-electron chi connectivity index (χ3n) is 2.83. The quantitative estimate of drug-likeness (QED) is 0.492. The van der Waals surface area contributed by atoms with Crippen LogP contribution in [0.25, 0.3) is 0 Å². The van der Waals surface area contributed by atoms with E-state index in [-0.39, 0.29) is 17.5 Å². The molecule has 1 aromatic carbocycles. The SMILES string of the molecule is CCCCCC(=O)NO.Cc1ccccc1F.Fc1cccnc1. The van der Waals surface area contributed by atoms with Crippen LogP contribution in [0.2, 0.25) is 0 Å². The van der Waals surface area contributed by atoms with Crippen LogP contribution in [0, 0.1) is 18.6 Å². The summed E-state index contributed by atoms with van der Waals surface area (Å²) >= 11 is 0. The molecule has 1 amide bonds. The first-order valence-electron chi connectivity index (χ1n) is 7.70. The van der Waals surface area contributed by atoms with Crippen molar-refractivity contribution in [1.82, 2.24) is 10.5 Å². The third kappa shape index (κ3) is 12.2. The molecule has 2 N–H and O–H groups in total. The highest BCUT2D eigenvalue weighted by molar-refractivity contribution is 5.74. The maximum absolute atomic E-state index is 12.3. The number of hydrogen-bond donors (Lipinski definition) is 2. The molecule has 0 spiro atoms. The van der Waals surface area contributed by atoms with Gasteiger partial charge in [0.1, 0.15) is 11.6 Å². The second kappa shape index (κ2) is 14.3. The van der Waals surface area contributed by atoms with Gasteiger partial charge in [0.2, 0.25) is 5.91 Å². The second-order valence-electron chi connectivity index (χ2n) is 4.91. The van der Waals surface area contributed by atoms with E-state index in [0.717, 1.165) is 19.3 Å². The number of rotatable bonds is 4. The van der Waals surface area contributed by atoms with Crippen molar-refractivity contribution in [2.45, 2.75) is 39.5 Å². The Balaban J connectivity index is 0.000000332. The number of carbonyl (C=O) groups excluding carboxylic acids is 1. The van der Waals surface area contributed by atoms with Crippen LogP contribution in [0.5, 0.6) is 0 Å². The highest BCUT2D eigenvalue weighted by atomic mass is 19.1. The van der Waals surface area contributed by atoms with Crippen LogP contribution in [0.4, 0.5) is 8.78 Å². The number of amides is 1. The summed E-state index contributed by atoms with van der Waals surface area (Å²) in [7, 11) is 0. The minimum atomic E-state index is -0.289. The molecule has 132 valence electrons. The number of nitrogens with zero attached hydrogens (tertiary/aromatic N) is 1. The first-order valence-corrected chi connectivity index (χ1v) is 7.70. The fourth-order valence-corrected chi connectivity index (χ4v) is 1.48. The van der Waals surface area contributed by atoms with Crippen LogP contribution in [0.1, 0.15) is 38.2 Å². The largest absolute Gasteiger partial charge is 0.289 e. The van der Waals surface area contributed by atoms with Crippen molar-refractivity contribution in [3.63, 3.8) is 0 Å². The maximum atomic E-state index is 12.3. The molecule has 1 aromatic heterocycles. The summed E-state index contributed by atoms with van der Waals surface area (Å²) in [6, 6.07) is 9.60. The van der Waals surface area contributed by atoms with E-state index >= 15 is 0 Å². The third-order valence-corrected chi connectivity index (χ3v) is 2.83. The molecule has 2 rings (SSSR count). The van der Waals surface area contributed by atoms with Crippen molar-refractivity contribution in [3.05, 3.63) is 66.0 Å². The Morgan fingerprint density at radius 1 is 1.17 bits per heavy atom.